The number of rotatable bonds is 1. The minimum atomic E-state index is 0.521. The van der Waals surface area contributed by atoms with Gasteiger partial charge in [0.1, 0.15) is 5.69 Å². The van der Waals surface area contributed by atoms with Gasteiger partial charge in [0.15, 0.2) is 0 Å². The summed E-state index contributed by atoms with van der Waals surface area (Å²) in [5.41, 5.74) is 12.6. The Morgan fingerprint density at radius 2 is 2.09 bits per heavy atom. The molecule has 0 saturated heterocycles. The Balaban J connectivity index is 3.37. The molecular weight excluding hydrogens is 176 g/mol. The molecule has 0 saturated carbocycles. The molecule has 0 bridgehead atoms. The monoisotopic (exact) mass is 186 g/mol. The molecule has 0 aliphatic carbocycles. The molecule has 0 unspecified atom stereocenters. The third kappa shape index (κ3) is 1.48. The van der Waals surface area contributed by atoms with Crippen LogP contribution in [0.2, 0.25) is 0 Å². The van der Waals surface area contributed by atoms with Gasteiger partial charge in [-0.15, -0.1) is 28.0 Å². The number of nitrogens with two attached hydrogens (primary N) is 1. The maximum absolute atomic E-state index is 5.75. The van der Waals surface area contributed by atoms with E-state index in [1.54, 1.807) is 11.3 Å². The van der Waals surface area contributed by atoms with Gasteiger partial charge in [-0.05, 0) is 13.8 Å². The molecule has 4 heteroatoms. The first kappa shape index (κ1) is 8.40. The zero-order valence-corrected chi connectivity index (χ0v) is 8.17. The Bertz CT molecular complexity index is 362. The molecule has 0 fully saturated rings. The van der Waals surface area contributed by atoms with E-state index < -0.39 is 0 Å². The predicted molar refractivity (Wildman–Crippen MR) is 54.0 cm³/mol. The molecule has 0 aliphatic rings. The van der Waals surface area contributed by atoms with Crippen molar-refractivity contribution in [2.75, 3.05) is 5.73 Å². The van der Waals surface area contributed by atoms with E-state index in [9.17, 15) is 0 Å². The molecule has 0 amide bonds. The number of nitrogen functional groups attached to an aromatic ring is 1. The van der Waals surface area contributed by atoms with Crippen molar-refractivity contribution in [2.45, 2.75) is 13.8 Å². The van der Waals surface area contributed by atoms with Crippen LogP contribution < -0.4 is 5.73 Å². The minimum absolute atomic E-state index is 0.521. The van der Waals surface area contributed by atoms with Crippen LogP contribution in [0, 0.1) is 19.5 Å². The van der Waals surface area contributed by atoms with Gasteiger partial charge in [0, 0.05) is 9.75 Å². The third-order valence-electron chi connectivity index (χ3n) is 1.43. The highest BCUT2D eigenvalue weighted by molar-refractivity contribution is 7.56. The standard InChI is InChI=1S/C7H10N2S2/c1-4-6(8)7(9-10-3)5(2)11-4/h3,10H,8H2,1-2H3. The van der Waals surface area contributed by atoms with Crippen molar-refractivity contribution in [3.05, 3.63) is 9.75 Å². The second-order valence-corrected chi connectivity index (χ2v) is 4.05. The molecule has 2 nitrogen and oxygen atoms in total. The van der Waals surface area contributed by atoms with Gasteiger partial charge in [-0.2, -0.15) is 0 Å². The first-order chi connectivity index (χ1) is 5.16. The Morgan fingerprint density at radius 3 is 2.45 bits per heavy atom. The lowest BCUT2D eigenvalue weighted by molar-refractivity contribution is 1.52. The first-order valence-electron chi connectivity index (χ1n) is 3.13. The molecule has 11 heavy (non-hydrogen) atoms. The van der Waals surface area contributed by atoms with Crippen LogP contribution in [-0.2, 0) is 11.0 Å². The lowest BCUT2D eigenvalue weighted by Crippen LogP contribution is -1.82. The number of thiol groups is 1. The first-order valence-corrected chi connectivity index (χ1v) is 4.86. The van der Waals surface area contributed by atoms with Gasteiger partial charge in [-0.25, -0.2) is 4.36 Å². The fourth-order valence-corrected chi connectivity index (χ4v) is 2.23. The number of hydrogen-bond donors (Lipinski definition) is 2. The second kappa shape index (κ2) is 3.13. The molecule has 1 rings (SSSR count). The summed E-state index contributed by atoms with van der Waals surface area (Å²) in [5.74, 6) is 0. The van der Waals surface area contributed by atoms with E-state index in [0.717, 1.165) is 21.1 Å². The maximum Gasteiger partial charge on any atom is 0.112 e. The fraction of sp³-hybridized carbons (Fsp3) is 0.286. The predicted octanol–water partition coefficient (Wildman–Crippen LogP) is 2.17. The Labute approximate surface area is 73.4 Å². The van der Waals surface area contributed by atoms with E-state index in [4.69, 9.17) is 11.4 Å². The molecule has 0 aromatic carbocycles. The molecule has 60 valence electrons. The summed E-state index contributed by atoms with van der Waals surface area (Å²) >= 11 is 1.66. The van der Waals surface area contributed by atoms with Gasteiger partial charge >= 0.3 is 0 Å². The summed E-state index contributed by atoms with van der Waals surface area (Å²) < 4.78 is 4.06. The molecule has 2 N–H and O–H groups in total. The van der Waals surface area contributed by atoms with Crippen LogP contribution in [0.4, 0.5) is 11.4 Å². The highest BCUT2D eigenvalue weighted by atomic mass is 32.1. The Kier molecular flexibility index (Phi) is 2.39. The number of anilines is 1. The van der Waals surface area contributed by atoms with E-state index in [1.165, 1.54) is 0 Å². The molecular formula is C7H10N2S2. The SMILES string of the molecule is C#[SH]=Nc1c(C)sc(C)c1N. The molecule has 1 aromatic rings. The van der Waals surface area contributed by atoms with Crippen LogP contribution in [-0.4, -0.2) is 0 Å². The quantitative estimate of drug-likeness (QED) is 0.648. The van der Waals surface area contributed by atoms with E-state index in [-0.39, 0.29) is 0 Å². The average Bonchev–Trinajstić information content (AvgIpc) is 2.17. The van der Waals surface area contributed by atoms with E-state index >= 15 is 0 Å². The van der Waals surface area contributed by atoms with E-state index in [2.05, 4.69) is 4.36 Å². The summed E-state index contributed by atoms with van der Waals surface area (Å²) in [7, 11) is 0.521. The summed E-state index contributed by atoms with van der Waals surface area (Å²) in [4.78, 5) is 2.25. The van der Waals surface area contributed by atoms with Crippen molar-refractivity contribution in [3.8, 4) is 5.69 Å². The minimum Gasteiger partial charge on any atom is -0.396 e. The Morgan fingerprint density at radius 1 is 1.45 bits per heavy atom. The van der Waals surface area contributed by atoms with Crippen molar-refractivity contribution in [1.29, 1.82) is 0 Å². The second-order valence-electron chi connectivity index (χ2n) is 2.19. The highest BCUT2D eigenvalue weighted by Gasteiger charge is 2.07. The van der Waals surface area contributed by atoms with Gasteiger partial charge in [0.2, 0.25) is 0 Å². The maximum atomic E-state index is 5.75. The van der Waals surface area contributed by atoms with Gasteiger partial charge in [0.25, 0.3) is 0 Å². The summed E-state index contributed by atoms with van der Waals surface area (Å²) in [6.45, 7) is 3.98. The Hall–Kier alpha value is -0.700. The summed E-state index contributed by atoms with van der Waals surface area (Å²) in [5, 5.41) is 0. The van der Waals surface area contributed by atoms with Gasteiger partial charge in [-0.1, -0.05) is 0 Å². The van der Waals surface area contributed by atoms with Crippen LogP contribution >= 0.6 is 11.3 Å². The van der Waals surface area contributed by atoms with Crippen LogP contribution in [0.15, 0.2) is 4.36 Å². The van der Waals surface area contributed by atoms with E-state index in [0.29, 0.717) is 11.0 Å². The fourth-order valence-electron chi connectivity index (χ4n) is 0.871. The zero-order valence-electron chi connectivity index (χ0n) is 6.46. The number of nitrogens with zero attached hydrogens (tertiary/aromatic N) is 1. The highest BCUT2D eigenvalue weighted by Crippen LogP contribution is 2.36. The molecule has 0 atom stereocenters. The zero-order chi connectivity index (χ0) is 8.43. The number of aryl methyl sites for hydroxylation is 2. The van der Waals surface area contributed by atoms with Crippen molar-refractivity contribution >= 4 is 33.7 Å². The van der Waals surface area contributed by atoms with Crippen LogP contribution in [0.3, 0.4) is 0 Å². The lowest BCUT2D eigenvalue weighted by Gasteiger charge is -1.90. The van der Waals surface area contributed by atoms with Gasteiger partial charge in [0.05, 0.1) is 5.69 Å². The molecule has 0 spiro atoms. The average molecular weight is 186 g/mol. The lowest BCUT2D eigenvalue weighted by atomic mass is 10.3. The topological polar surface area (TPSA) is 38.4 Å². The largest absolute Gasteiger partial charge is 0.396 e. The third-order valence-corrected chi connectivity index (χ3v) is 2.77. The summed E-state index contributed by atoms with van der Waals surface area (Å²) in [6, 6.07) is 0. The van der Waals surface area contributed by atoms with Crippen molar-refractivity contribution in [1.82, 2.24) is 0 Å². The van der Waals surface area contributed by atoms with Crippen molar-refractivity contribution < 1.29 is 0 Å². The number of thiophene rings is 1. The molecule has 1 heterocycles. The van der Waals surface area contributed by atoms with Crippen molar-refractivity contribution in [3.63, 3.8) is 0 Å². The van der Waals surface area contributed by atoms with Crippen LogP contribution in [0.5, 0.6) is 0 Å². The number of hydrogen-bond acceptors (Lipinski definition) is 3. The molecule has 1 aromatic heterocycles. The normalized spacial score (nSPS) is 9.55. The van der Waals surface area contributed by atoms with Crippen LogP contribution in [0.25, 0.3) is 0 Å². The van der Waals surface area contributed by atoms with Crippen LogP contribution in [0.1, 0.15) is 9.75 Å². The van der Waals surface area contributed by atoms with Gasteiger partial charge in [-0.3, -0.25) is 0 Å². The molecule has 0 aliphatic heterocycles. The molecule has 0 radical (unpaired) electrons. The summed E-state index contributed by atoms with van der Waals surface area (Å²) in [6.07, 6.45) is 0. The van der Waals surface area contributed by atoms with E-state index in [1.807, 2.05) is 13.8 Å². The smallest absolute Gasteiger partial charge is 0.112 e. The van der Waals surface area contributed by atoms with Crippen molar-refractivity contribution in [2.24, 2.45) is 4.36 Å². The van der Waals surface area contributed by atoms with Gasteiger partial charge < -0.3 is 5.73 Å².